The van der Waals surface area contributed by atoms with Crippen LogP contribution < -0.4 is 5.73 Å². The topological polar surface area (TPSA) is 26.0 Å². The summed E-state index contributed by atoms with van der Waals surface area (Å²) in [4.78, 5) is 0. The second kappa shape index (κ2) is 3.63. The van der Waals surface area contributed by atoms with E-state index in [9.17, 15) is 0 Å². The lowest BCUT2D eigenvalue weighted by Crippen LogP contribution is -2.41. The van der Waals surface area contributed by atoms with Gasteiger partial charge in [-0.15, -0.1) is 0 Å². The van der Waals surface area contributed by atoms with E-state index in [1.54, 1.807) is 0 Å². The number of rotatable bonds is 4. The maximum atomic E-state index is 5.69. The summed E-state index contributed by atoms with van der Waals surface area (Å²) >= 11 is 2.09. The SMILES string of the molecule is CCCSC1(CN)CCC1. The Hall–Kier alpha value is 0.310. The van der Waals surface area contributed by atoms with Gasteiger partial charge in [-0.3, -0.25) is 0 Å². The Morgan fingerprint density at radius 3 is 2.50 bits per heavy atom. The Labute approximate surface area is 67.8 Å². The van der Waals surface area contributed by atoms with Gasteiger partial charge in [-0.05, 0) is 25.0 Å². The fourth-order valence-electron chi connectivity index (χ4n) is 1.30. The number of hydrogen-bond acceptors (Lipinski definition) is 2. The van der Waals surface area contributed by atoms with E-state index in [-0.39, 0.29) is 0 Å². The van der Waals surface area contributed by atoms with Gasteiger partial charge in [-0.25, -0.2) is 0 Å². The Morgan fingerprint density at radius 2 is 2.20 bits per heavy atom. The molecule has 0 aromatic rings. The lowest BCUT2D eigenvalue weighted by Gasteiger charge is -2.40. The van der Waals surface area contributed by atoms with Crippen molar-refractivity contribution in [2.24, 2.45) is 5.73 Å². The van der Waals surface area contributed by atoms with Crippen LogP contribution in [0.15, 0.2) is 0 Å². The first kappa shape index (κ1) is 8.41. The second-order valence-corrected chi connectivity index (χ2v) is 4.65. The highest BCUT2D eigenvalue weighted by molar-refractivity contribution is 8.00. The Bertz CT molecular complexity index is 93.9. The molecule has 0 bridgehead atoms. The van der Waals surface area contributed by atoms with Crippen molar-refractivity contribution in [3.63, 3.8) is 0 Å². The average molecular weight is 159 g/mol. The van der Waals surface area contributed by atoms with E-state index in [1.807, 2.05) is 0 Å². The van der Waals surface area contributed by atoms with E-state index in [2.05, 4.69) is 18.7 Å². The summed E-state index contributed by atoms with van der Waals surface area (Å²) in [5, 5.41) is 0. The zero-order valence-electron chi connectivity index (χ0n) is 6.73. The van der Waals surface area contributed by atoms with Crippen molar-refractivity contribution in [3.05, 3.63) is 0 Å². The third-order valence-electron chi connectivity index (χ3n) is 2.25. The lowest BCUT2D eigenvalue weighted by atomic mass is 9.84. The zero-order chi connectivity index (χ0) is 7.45. The van der Waals surface area contributed by atoms with Crippen molar-refractivity contribution in [2.45, 2.75) is 37.4 Å². The largest absolute Gasteiger partial charge is 0.329 e. The van der Waals surface area contributed by atoms with Crippen molar-refractivity contribution < 1.29 is 0 Å². The quantitative estimate of drug-likeness (QED) is 0.679. The van der Waals surface area contributed by atoms with E-state index < -0.39 is 0 Å². The van der Waals surface area contributed by atoms with Crippen LogP contribution in [0.3, 0.4) is 0 Å². The van der Waals surface area contributed by atoms with Crippen LogP contribution in [0.5, 0.6) is 0 Å². The van der Waals surface area contributed by atoms with Crippen molar-refractivity contribution in [1.82, 2.24) is 0 Å². The van der Waals surface area contributed by atoms with E-state index in [4.69, 9.17) is 5.73 Å². The maximum Gasteiger partial charge on any atom is 0.0282 e. The maximum absolute atomic E-state index is 5.69. The van der Waals surface area contributed by atoms with Gasteiger partial charge in [0.1, 0.15) is 0 Å². The fourth-order valence-corrected chi connectivity index (χ4v) is 2.63. The number of hydrogen-bond donors (Lipinski definition) is 1. The first-order valence-electron chi connectivity index (χ1n) is 4.17. The van der Waals surface area contributed by atoms with Gasteiger partial charge < -0.3 is 5.73 Å². The zero-order valence-corrected chi connectivity index (χ0v) is 7.54. The molecule has 0 aromatic heterocycles. The molecular formula is C8H17NS. The summed E-state index contributed by atoms with van der Waals surface area (Å²) in [6, 6.07) is 0. The standard InChI is InChI=1S/C8H17NS/c1-2-6-10-8(7-9)4-3-5-8/h2-7,9H2,1H3. The van der Waals surface area contributed by atoms with Crippen LogP contribution in [-0.2, 0) is 0 Å². The fraction of sp³-hybridized carbons (Fsp3) is 1.00. The van der Waals surface area contributed by atoms with E-state index >= 15 is 0 Å². The van der Waals surface area contributed by atoms with Gasteiger partial charge in [0.25, 0.3) is 0 Å². The highest BCUT2D eigenvalue weighted by Crippen LogP contribution is 2.43. The number of thioether (sulfide) groups is 1. The Morgan fingerprint density at radius 1 is 1.50 bits per heavy atom. The van der Waals surface area contributed by atoms with E-state index in [0.717, 1.165) is 6.54 Å². The van der Waals surface area contributed by atoms with Crippen LogP contribution in [0.4, 0.5) is 0 Å². The smallest absolute Gasteiger partial charge is 0.0282 e. The third-order valence-corrected chi connectivity index (χ3v) is 4.05. The normalized spacial score (nSPS) is 22.2. The minimum atomic E-state index is 0.510. The highest BCUT2D eigenvalue weighted by atomic mass is 32.2. The summed E-state index contributed by atoms with van der Waals surface area (Å²) in [6.07, 6.45) is 5.39. The lowest BCUT2D eigenvalue weighted by molar-refractivity contribution is 0.371. The van der Waals surface area contributed by atoms with Crippen LogP contribution in [0.25, 0.3) is 0 Å². The highest BCUT2D eigenvalue weighted by Gasteiger charge is 2.35. The molecule has 0 spiro atoms. The summed E-state index contributed by atoms with van der Waals surface area (Å²) in [5.74, 6) is 1.29. The van der Waals surface area contributed by atoms with Crippen LogP contribution >= 0.6 is 11.8 Å². The van der Waals surface area contributed by atoms with Crippen molar-refractivity contribution in [1.29, 1.82) is 0 Å². The molecule has 0 unspecified atom stereocenters. The van der Waals surface area contributed by atoms with Gasteiger partial charge in [-0.1, -0.05) is 13.3 Å². The third kappa shape index (κ3) is 1.67. The number of nitrogens with two attached hydrogens (primary N) is 1. The van der Waals surface area contributed by atoms with E-state index in [1.165, 1.54) is 31.4 Å². The average Bonchev–Trinajstić information content (AvgIpc) is 1.87. The predicted molar refractivity (Wildman–Crippen MR) is 48.4 cm³/mol. The summed E-state index contributed by atoms with van der Waals surface area (Å²) in [7, 11) is 0. The van der Waals surface area contributed by atoms with Crippen molar-refractivity contribution in [2.75, 3.05) is 12.3 Å². The molecule has 1 saturated carbocycles. The van der Waals surface area contributed by atoms with Gasteiger partial charge in [0.15, 0.2) is 0 Å². The van der Waals surface area contributed by atoms with Crippen molar-refractivity contribution >= 4 is 11.8 Å². The molecule has 0 aromatic carbocycles. The molecular weight excluding hydrogens is 142 g/mol. The van der Waals surface area contributed by atoms with Crippen LogP contribution in [-0.4, -0.2) is 17.0 Å². The molecule has 1 aliphatic rings. The molecule has 1 aliphatic carbocycles. The molecule has 0 amide bonds. The van der Waals surface area contributed by atoms with Crippen LogP contribution in [0, 0.1) is 0 Å². The molecule has 0 atom stereocenters. The minimum absolute atomic E-state index is 0.510. The summed E-state index contributed by atoms with van der Waals surface area (Å²) < 4.78 is 0.510. The first-order chi connectivity index (χ1) is 4.83. The molecule has 60 valence electrons. The first-order valence-corrected chi connectivity index (χ1v) is 5.15. The van der Waals surface area contributed by atoms with Crippen molar-refractivity contribution in [3.8, 4) is 0 Å². The molecule has 0 aliphatic heterocycles. The summed E-state index contributed by atoms with van der Waals surface area (Å²) in [6.45, 7) is 3.12. The van der Waals surface area contributed by atoms with Crippen LogP contribution in [0.1, 0.15) is 32.6 Å². The molecule has 10 heavy (non-hydrogen) atoms. The molecule has 2 N–H and O–H groups in total. The van der Waals surface area contributed by atoms with Gasteiger partial charge >= 0.3 is 0 Å². The van der Waals surface area contributed by atoms with E-state index in [0.29, 0.717) is 4.75 Å². The minimum Gasteiger partial charge on any atom is -0.329 e. The Balaban J connectivity index is 2.20. The Kier molecular flexibility index (Phi) is 3.05. The monoisotopic (exact) mass is 159 g/mol. The second-order valence-electron chi connectivity index (χ2n) is 3.09. The molecule has 2 heteroatoms. The summed E-state index contributed by atoms with van der Waals surface area (Å²) in [5.41, 5.74) is 5.69. The van der Waals surface area contributed by atoms with Gasteiger partial charge in [0, 0.05) is 11.3 Å². The van der Waals surface area contributed by atoms with Gasteiger partial charge in [-0.2, -0.15) is 11.8 Å². The molecule has 1 fully saturated rings. The van der Waals surface area contributed by atoms with Crippen LogP contribution in [0.2, 0.25) is 0 Å². The molecule has 0 heterocycles. The predicted octanol–water partition coefficient (Wildman–Crippen LogP) is 2.01. The molecule has 0 saturated heterocycles. The van der Waals surface area contributed by atoms with Gasteiger partial charge in [0.2, 0.25) is 0 Å². The molecule has 0 radical (unpaired) electrons. The van der Waals surface area contributed by atoms with Gasteiger partial charge in [0.05, 0.1) is 0 Å². The molecule has 1 rings (SSSR count). The molecule has 1 nitrogen and oxygen atoms in total.